The minimum atomic E-state index is -7.22. The van der Waals surface area contributed by atoms with Crippen molar-refractivity contribution < 1.29 is 195 Å². The summed E-state index contributed by atoms with van der Waals surface area (Å²) in [5.41, 5.74) is -28.7. The van der Waals surface area contributed by atoms with Gasteiger partial charge in [-0.15, -0.1) is 43.7 Å². The molecule has 12 aromatic carbocycles. The molecule has 0 aliphatic heterocycles. The van der Waals surface area contributed by atoms with Crippen molar-refractivity contribution in [2.75, 3.05) is 26.4 Å². The van der Waals surface area contributed by atoms with Crippen LogP contribution in [0.5, 0.6) is 23.0 Å². The molecule has 14 aromatic rings. The number of thiophene rings is 2. The molecule has 732 valence electrons. The van der Waals surface area contributed by atoms with Crippen molar-refractivity contribution in [3.8, 4) is 23.0 Å². The van der Waals surface area contributed by atoms with Gasteiger partial charge in [0, 0.05) is 12.1 Å². The van der Waals surface area contributed by atoms with Crippen LogP contribution in [0.2, 0.25) is 0 Å². The maximum atomic E-state index is 15.4. The molecule has 0 atom stereocenters. The normalized spacial score (nSPS) is 11.7. The highest BCUT2D eigenvalue weighted by Crippen LogP contribution is 2.47. The molecule has 0 saturated carbocycles. The van der Waals surface area contributed by atoms with Gasteiger partial charge in [-0.1, -0.05) is 34.4 Å². The Morgan fingerprint density at radius 2 is 0.302 bits per heavy atom. The van der Waals surface area contributed by atoms with Crippen LogP contribution in [-0.4, -0.2) is 38.7 Å². The standard InChI is InChI=1S/C40H40O4S5.2C24BF20/c1-5-41-29-9-17-33(18-10-29)48(34-19-11-30(12-20-34)42-6-2)39-27-25-37(46-39)45-38-26-28-40(47-38)49(35-21-13-31(14-22-35)43-7-3)36-23-15-32(16-24-36)44-8-4;2*26-5-1(6(27)14(35)21(42)13(5)34)25(2-7(28)15(36)22(43)16(37)8(2)29,3-9(30)17(38)23(44)18(39)10(3)31)4-11(32)19(40)24(45)20(41)12(4)33/h9-28H,5-8H2,1-4H3;;/q+2;2*-1. The molecular weight excluding hydrogens is 2060 g/mol. The maximum Gasteiger partial charge on any atom is 0.221 e. The first-order valence-electron chi connectivity index (χ1n) is 38.2. The third kappa shape index (κ3) is 18.1. The van der Waals surface area contributed by atoms with Crippen molar-refractivity contribution in [1.82, 2.24) is 0 Å². The fourth-order valence-electron chi connectivity index (χ4n) is 14.9. The van der Waals surface area contributed by atoms with Gasteiger partial charge in [0.05, 0.1) is 34.8 Å². The number of halogens is 40. The van der Waals surface area contributed by atoms with Gasteiger partial charge in [0.25, 0.3) is 0 Å². The Morgan fingerprint density at radius 3 is 0.424 bits per heavy atom. The minimum Gasteiger partial charge on any atom is -0.494 e. The molecular formula is C88H40B2F40O4S5. The third-order valence-corrected chi connectivity index (χ3v) is 29.2. The average molecular weight is 2100 g/mol. The Balaban J connectivity index is 0.000000187. The summed E-state index contributed by atoms with van der Waals surface area (Å²) < 4.78 is 616. The molecule has 0 amide bonds. The van der Waals surface area contributed by atoms with Crippen molar-refractivity contribution in [2.45, 2.75) is 64.1 Å². The third-order valence-electron chi connectivity index (χ3n) is 20.6. The van der Waals surface area contributed by atoms with E-state index in [9.17, 15) is 105 Å². The molecule has 0 aliphatic rings. The van der Waals surface area contributed by atoms with Gasteiger partial charge >= 0.3 is 0 Å². The molecule has 0 bridgehead atoms. The molecule has 0 spiro atoms. The quantitative estimate of drug-likeness (QED) is 0.0198. The highest BCUT2D eigenvalue weighted by Gasteiger charge is 2.56. The summed E-state index contributed by atoms with van der Waals surface area (Å²) in [6.45, 7) is 10.7. The topological polar surface area (TPSA) is 36.9 Å². The highest BCUT2D eigenvalue weighted by molar-refractivity contribution is 8.04. The van der Waals surface area contributed by atoms with E-state index in [0.717, 1.165) is 23.0 Å². The van der Waals surface area contributed by atoms with Crippen LogP contribution in [0.15, 0.2) is 158 Å². The average Bonchev–Trinajstić information content (AvgIpc) is 1.47. The molecule has 0 radical (unpaired) electrons. The van der Waals surface area contributed by atoms with Gasteiger partial charge < -0.3 is 18.9 Å². The van der Waals surface area contributed by atoms with Crippen LogP contribution in [-0.2, 0) is 21.8 Å². The Kier molecular flexibility index (Phi) is 31.6. The second-order valence-electron chi connectivity index (χ2n) is 28.1. The zero-order valence-electron chi connectivity index (χ0n) is 68.3. The van der Waals surface area contributed by atoms with Crippen LogP contribution in [0.4, 0.5) is 176 Å². The summed E-state index contributed by atoms with van der Waals surface area (Å²) in [5, 5.41) is 0. The van der Waals surface area contributed by atoms with E-state index in [-0.39, 0.29) is 21.8 Å². The van der Waals surface area contributed by atoms with E-state index in [1.807, 2.05) is 62.1 Å². The second-order valence-corrected chi connectivity index (χ2v) is 36.4. The summed E-state index contributed by atoms with van der Waals surface area (Å²) in [4.78, 5) is 5.05. The van der Waals surface area contributed by atoms with Crippen molar-refractivity contribution in [3.05, 3.63) is 354 Å². The predicted octanol–water partition coefficient (Wildman–Crippen LogP) is 23.4. The number of hydrogen-bond acceptors (Lipinski definition) is 7. The lowest BCUT2D eigenvalue weighted by molar-refractivity contribution is 0.340. The molecule has 2 aromatic heterocycles. The van der Waals surface area contributed by atoms with Gasteiger partial charge in [-0.05, 0) is 137 Å². The number of hydrogen-bond donors (Lipinski definition) is 0. The van der Waals surface area contributed by atoms with Crippen molar-refractivity contribution in [2.24, 2.45) is 0 Å². The summed E-state index contributed by atoms with van der Waals surface area (Å²) in [7, 11) is -0.514. The predicted molar refractivity (Wildman–Crippen MR) is 426 cm³/mol. The fraction of sp³-hybridized carbons (Fsp3) is 0.0909. The molecule has 2 heterocycles. The van der Waals surface area contributed by atoms with Gasteiger partial charge in [-0.3, -0.25) is 0 Å². The summed E-state index contributed by atoms with van der Waals surface area (Å²) in [5.74, 6) is -139. The largest absolute Gasteiger partial charge is 0.494 e. The van der Waals surface area contributed by atoms with Gasteiger partial charge in [-0.25, -0.2) is 176 Å². The molecule has 0 saturated heterocycles. The zero-order chi connectivity index (χ0) is 103. The molecule has 0 N–H and O–H groups in total. The molecule has 139 heavy (non-hydrogen) atoms. The fourth-order valence-corrected chi connectivity index (χ4v) is 24.0. The summed E-state index contributed by atoms with van der Waals surface area (Å²) >= 11 is 5.59. The van der Waals surface area contributed by atoms with E-state index in [4.69, 9.17) is 18.9 Å². The Morgan fingerprint density at radius 1 is 0.180 bits per heavy atom. The minimum absolute atomic E-state index is 0.257. The zero-order valence-corrected chi connectivity index (χ0v) is 72.4. The lowest BCUT2D eigenvalue weighted by Crippen LogP contribution is -2.81. The second kappa shape index (κ2) is 41.6. The summed E-state index contributed by atoms with van der Waals surface area (Å²) in [6.07, 6.45) is -14.4. The molecule has 51 heteroatoms. The van der Waals surface area contributed by atoms with Crippen LogP contribution in [0.1, 0.15) is 27.7 Å². The molecule has 0 aliphatic carbocycles. The lowest BCUT2D eigenvalue weighted by atomic mass is 9.12. The van der Waals surface area contributed by atoms with Crippen LogP contribution in [0, 0.1) is 233 Å². The molecule has 4 nitrogen and oxygen atoms in total. The Hall–Kier alpha value is -12.4. The first-order valence-corrected chi connectivity index (χ1v) is 43.1. The van der Waals surface area contributed by atoms with Crippen molar-refractivity contribution in [1.29, 1.82) is 0 Å². The van der Waals surface area contributed by atoms with Gasteiger partial charge in [-0.2, -0.15) is 0 Å². The van der Waals surface area contributed by atoms with Crippen LogP contribution < -0.4 is 62.6 Å². The van der Waals surface area contributed by atoms with Crippen molar-refractivity contribution >= 4 is 112 Å². The van der Waals surface area contributed by atoms with E-state index in [1.54, 1.807) is 0 Å². The Labute approximate surface area is 770 Å². The van der Waals surface area contributed by atoms with E-state index < -0.39 is 289 Å². The van der Waals surface area contributed by atoms with E-state index >= 15 is 70.2 Å². The first-order chi connectivity index (χ1) is 65.5. The van der Waals surface area contributed by atoms with Gasteiger partial charge in [0.2, 0.25) is 8.42 Å². The number of benzene rings is 12. The highest BCUT2D eigenvalue weighted by atomic mass is 32.2. The van der Waals surface area contributed by atoms with Crippen molar-refractivity contribution in [3.63, 3.8) is 0 Å². The van der Waals surface area contributed by atoms with Crippen LogP contribution in [0.3, 0.4) is 0 Å². The smallest absolute Gasteiger partial charge is 0.221 e. The summed E-state index contributed by atoms with van der Waals surface area (Å²) in [6, 6.07) is 43.4. The van der Waals surface area contributed by atoms with Gasteiger partial charge in [0.1, 0.15) is 150 Å². The lowest BCUT2D eigenvalue weighted by Gasteiger charge is -2.44. The number of ether oxygens (including phenoxy) is 4. The molecule has 14 rings (SSSR count). The monoisotopic (exact) mass is 2100 g/mol. The van der Waals surface area contributed by atoms with E-state index in [1.165, 1.54) is 36.4 Å². The van der Waals surface area contributed by atoms with Gasteiger partial charge in [0.15, 0.2) is 159 Å². The van der Waals surface area contributed by atoms with E-state index in [0.29, 0.717) is 26.4 Å². The first kappa shape index (κ1) is 106. The van der Waals surface area contributed by atoms with Crippen LogP contribution >= 0.6 is 34.4 Å². The SMILES string of the molecule is CCOc1ccc([S+](c2ccc(OCC)cc2)c2ccc(Sc3ccc([S+](c4ccc(OCC)cc4)c4ccc(OCC)cc4)s3)s2)cc1.Fc1c(F)c(F)c([B-](c2c(F)c(F)c(F)c(F)c2F)(c2c(F)c(F)c(F)c(F)c2F)c2c(F)c(F)c(F)c(F)c2F)c(F)c1F.Fc1c(F)c(F)c([B-](c2c(F)c(F)c(F)c(F)c2F)(c2c(F)c(F)c(F)c(F)c2F)c2c(F)c(F)c(F)c(F)c2F)c(F)c1F. The molecule has 0 unspecified atom stereocenters. The van der Waals surface area contributed by atoms with E-state index in [2.05, 4.69) is 121 Å². The Bertz CT molecular complexity index is 5880. The number of rotatable bonds is 24. The van der Waals surface area contributed by atoms with Crippen LogP contribution in [0.25, 0.3) is 0 Å². The maximum absolute atomic E-state index is 15.4. The molecule has 0 fully saturated rings.